The minimum absolute atomic E-state index is 0.136. The second-order valence-corrected chi connectivity index (χ2v) is 6.55. The summed E-state index contributed by atoms with van der Waals surface area (Å²) < 4.78 is 6.37. The Morgan fingerprint density at radius 1 is 1.05 bits per heavy atom. The van der Waals surface area contributed by atoms with Crippen molar-refractivity contribution in [1.82, 2.24) is 5.32 Å². The molecule has 1 atom stereocenters. The van der Waals surface area contributed by atoms with E-state index in [9.17, 15) is 0 Å². The first-order valence-corrected chi connectivity index (χ1v) is 8.68. The van der Waals surface area contributed by atoms with Gasteiger partial charge in [0, 0.05) is 12.6 Å². The Morgan fingerprint density at radius 3 is 2.21 bits per heavy atom. The van der Waals surface area contributed by atoms with Gasteiger partial charge in [-0.05, 0) is 38.6 Å². The average Bonchev–Trinajstić information content (AvgIpc) is 2.59. The molecule has 0 bridgehead atoms. The van der Waals surface area contributed by atoms with Gasteiger partial charge in [-0.3, -0.25) is 0 Å². The van der Waals surface area contributed by atoms with Gasteiger partial charge in [-0.15, -0.1) is 0 Å². The Hall–Kier alpha value is -0.0800. The average molecular weight is 267 g/mol. The third-order valence-corrected chi connectivity index (χ3v) is 5.26. The second kappa shape index (κ2) is 7.64. The SMILES string of the molecule is CCNC(CC1CCC1)C1(OCC)CCCCCC1. The minimum atomic E-state index is 0.136. The molecule has 0 radical (unpaired) electrons. The van der Waals surface area contributed by atoms with E-state index in [1.54, 1.807) is 0 Å². The molecule has 1 unspecified atom stereocenters. The van der Waals surface area contributed by atoms with Crippen molar-refractivity contribution in [1.29, 1.82) is 0 Å². The molecule has 2 heteroatoms. The minimum Gasteiger partial charge on any atom is -0.374 e. The molecule has 0 saturated heterocycles. The highest BCUT2D eigenvalue weighted by atomic mass is 16.5. The lowest BCUT2D eigenvalue weighted by Crippen LogP contribution is -2.53. The van der Waals surface area contributed by atoms with Crippen LogP contribution in [-0.2, 0) is 4.74 Å². The summed E-state index contributed by atoms with van der Waals surface area (Å²) >= 11 is 0. The lowest BCUT2D eigenvalue weighted by Gasteiger charge is -2.43. The molecule has 1 N–H and O–H groups in total. The van der Waals surface area contributed by atoms with Gasteiger partial charge in [0.15, 0.2) is 0 Å². The molecular formula is C17H33NO. The molecule has 0 spiro atoms. The number of ether oxygens (including phenoxy) is 1. The van der Waals surface area contributed by atoms with Gasteiger partial charge in [0.25, 0.3) is 0 Å². The zero-order valence-electron chi connectivity index (χ0n) is 13.0. The zero-order chi connectivity index (χ0) is 13.6. The number of hydrogen-bond acceptors (Lipinski definition) is 2. The molecule has 2 rings (SSSR count). The summed E-state index contributed by atoms with van der Waals surface area (Å²) in [6.45, 7) is 6.35. The van der Waals surface area contributed by atoms with Crippen LogP contribution in [0.1, 0.15) is 78.1 Å². The smallest absolute Gasteiger partial charge is 0.0834 e. The van der Waals surface area contributed by atoms with Crippen LogP contribution in [0.15, 0.2) is 0 Å². The van der Waals surface area contributed by atoms with Gasteiger partial charge in [-0.2, -0.15) is 0 Å². The van der Waals surface area contributed by atoms with Crippen molar-refractivity contribution < 1.29 is 4.74 Å². The van der Waals surface area contributed by atoms with Gasteiger partial charge in [-0.1, -0.05) is 51.9 Å². The fraction of sp³-hybridized carbons (Fsp3) is 1.00. The molecule has 2 saturated carbocycles. The highest BCUT2D eigenvalue weighted by Crippen LogP contribution is 2.39. The molecule has 112 valence electrons. The molecule has 2 aliphatic rings. The molecule has 2 aliphatic carbocycles. The van der Waals surface area contributed by atoms with Crippen molar-refractivity contribution in [3.8, 4) is 0 Å². The quantitative estimate of drug-likeness (QED) is 0.695. The van der Waals surface area contributed by atoms with Crippen molar-refractivity contribution in [3.05, 3.63) is 0 Å². The molecule has 19 heavy (non-hydrogen) atoms. The maximum absolute atomic E-state index is 6.37. The Kier molecular flexibility index (Phi) is 6.15. The van der Waals surface area contributed by atoms with Crippen LogP contribution in [0.3, 0.4) is 0 Å². The van der Waals surface area contributed by atoms with Crippen molar-refractivity contribution in [2.75, 3.05) is 13.2 Å². The normalized spacial score (nSPS) is 25.6. The van der Waals surface area contributed by atoms with Crippen LogP contribution in [0.4, 0.5) is 0 Å². The lowest BCUT2D eigenvalue weighted by molar-refractivity contribution is -0.0832. The molecule has 2 nitrogen and oxygen atoms in total. The molecular weight excluding hydrogens is 234 g/mol. The van der Waals surface area contributed by atoms with E-state index in [2.05, 4.69) is 19.2 Å². The van der Waals surface area contributed by atoms with Crippen molar-refractivity contribution in [2.45, 2.75) is 89.7 Å². The maximum Gasteiger partial charge on any atom is 0.0834 e. The standard InChI is InChI=1S/C17H33NO/c1-3-18-16(14-15-10-9-11-15)17(19-4-2)12-7-5-6-8-13-17/h15-16,18H,3-14H2,1-2H3. The highest BCUT2D eigenvalue weighted by molar-refractivity contribution is 4.96. The largest absolute Gasteiger partial charge is 0.374 e. The topological polar surface area (TPSA) is 21.3 Å². The summed E-state index contributed by atoms with van der Waals surface area (Å²) in [7, 11) is 0. The fourth-order valence-corrected chi connectivity index (χ4v) is 4.00. The summed E-state index contributed by atoms with van der Waals surface area (Å²) in [6.07, 6.45) is 13.7. The van der Waals surface area contributed by atoms with E-state index in [1.807, 2.05) is 0 Å². The molecule has 0 amide bonds. The lowest BCUT2D eigenvalue weighted by atomic mass is 9.75. The van der Waals surface area contributed by atoms with Crippen LogP contribution in [-0.4, -0.2) is 24.8 Å². The Balaban J connectivity index is 2.05. The van der Waals surface area contributed by atoms with Gasteiger partial charge >= 0.3 is 0 Å². The van der Waals surface area contributed by atoms with E-state index in [4.69, 9.17) is 4.74 Å². The third-order valence-electron chi connectivity index (χ3n) is 5.26. The molecule has 0 aliphatic heterocycles. The molecule has 0 aromatic heterocycles. The first-order chi connectivity index (χ1) is 9.30. The van der Waals surface area contributed by atoms with E-state index in [0.29, 0.717) is 6.04 Å². The second-order valence-electron chi connectivity index (χ2n) is 6.55. The van der Waals surface area contributed by atoms with Gasteiger partial charge in [0.2, 0.25) is 0 Å². The predicted molar refractivity (Wildman–Crippen MR) is 81.5 cm³/mol. The number of nitrogens with one attached hydrogen (secondary N) is 1. The van der Waals surface area contributed by atoms with Gasteiger partial charge in [0.1, 0.15) is 0 Å². The number of rotatable bonds is 7. The molecule has 2 fully saturated rings. The molecule has 0 aromatic rings. The van der Waals surface area contributed by atoms with Gasteiger partial charge in [0.05, 0.1) is 5.60 Å². The number of hydrogen-bond donors (Lipinski definition) is 1. The maximum atomic E-state index is 6.37. The third kappa shape index (κ3) is 3.95. The van der Waals surface area contributed by atoms with E-state index >= 15 is 0 Å². The van der Waals surface area contributed by atoms with Crippen LogP contribution in [0.25, 0.3) is 0 Å². The first kappa shape index (κ1) is 15.3. The fourth-order valence-electron chi connectivity index (χ4n) is 4.00. The van der Waals surface area contributed by atoms with Crippen LogP contribution >= 0.6 is 0 Å². The van der Waals surface area contributed by atoms with Crippen LogP contribution in [0, 0.1) is 5.92 Å². The molecule has 0 heterocycles. The van der Waals surface area contributed by atoms with Crippen LogP contribution in [0.2, 0.25) is 0 Å². The summed E-state index contributed by atoms with van der Waals surface area (Å²) in [5.74, 6) is 0.963. The van der Waals surface area contributed by atoms with Gasteiger partial charge in [-0.25, -0.2) is 0 Å². The van der Waals surface area contributed by atoms with E-state index in [1.165, 1.54) is 64.2 Å². The van der Waals surface area contributed by atoms with Crippen LogP contribution in [0.5, 0.6) is 0 Å². The van der Waals surface area contributed by atoms with E-state index < -0.39 is 0 Å². The molecule has 0 aromatic carbocycles. The van der Waals surface area contributed by atoms with Crippen molar-refractivity contribution >= 4 is 0 Å². The Labute approximate surface area is 119 Å². The monoisotopic (exact) mass is 267 g/mol. The van der Waals surface area contributed by atoms with E-state index in [-0.39, 0.29) is 5.60 Å². The summed E-state index contributed by atoms with van der Waals surface area (Å²) in [4.78, 5) is 0. The van der Waals surface area contributed by atoms with Gasteiger partial charge < -0.3 is 10.1 Å². The number of likely N-dealkylation sites (N-methyl/N-ethyl adjacent to an activating group) is 1. The zero-order valence-corrected chi connectivity index (χ0v) is 13.0. The van der Waals surface area contributed by atoms with Crippen LogP contribution < -0.4 is 5.32 Å². The predicted octanol–water partition coefficient (Wildman–Crippen LogP) is 4.28. The summed E-state index contributed by atoms with van der Waals surface area (Å²) in [6, 6.07) is 0.584. The van der Waals surface area contributed by atoms with E-state index in [0.717, 1.165) is 19.1 Å². The van der Waals surface area contributed by atoms with Crippen molar-refractivity contribution in [3.63, 3.8) is 0 Å². The summed E-state index contributed by atoms with van der Waals surface area (Å²) in [5.41, 5.74) is 0.136. The summed E-state index contributed by atoms with van der Waals surface area (Å²) in [5, 5.41) is 3.78. The highest BCUT2D eigenvalue weighted by Gasteiger charge is 2.40. The first-order valence-electron chi connectivity index (χ1n) is 8.68. The Bertz CT molecular complexity index is 242. The Morgan fingerprint density at radius 2 is 1.74 bits per heavy atom. The van der Waals surface area contributed by atoms with Crippen molar-refractivity contribution in [2.24, 2.45) is 5.92 Å².